The van der Waals surface area contributed by atoms with Gasteiger partial charge in [-0.15, -0.1) is 0 Å². The highest BCUT2D eigenvalue weighted by Gasteiger charge is 2.10. The van der Waals surface area contributed by atoms with Crippen LogP contribution in [0.3, 0.4) is 0 Å². The first kappa shape index (κ1) is 15.5. The van der Waals surface area contributed by atoms with E-state index in [0.717, 1.165) is 5.56 Å². The van der Waals surface area contributed by atoms with Crippen molar-refractivity contribution in [3.05, 3.63) is 76.1 Å². The molecule has 2 heterocycles. The van der Waals surface area contributed by atoms with Gasteiger partial charge >= 0.3 is 0 Å². The molecule has 0 aliphatic heterocycles. The van der Waals surface area contributed by atoms with Gasteiger partial charge < -0.3 is 5.11 Å². The fourth-order valence-electron chi connectivity index (χ4n) is 2.30. The number of imidazole rings is 1. The Morgan fingerprint density at radius 3 is 2.87 bits per heavy atom. The lowest BCUT2D eigenvalue weighted by atomic mass is 10.1. The van der Waals surface area contributed by atoms with Crippen molar-refractivity contribution in [3.8, 4) is 5.82 Å². The highest BCUT2D eigenvalue weighted by molar-refractivity contribution is 6.30. The predicted molar refractivity (Wildman–Crippen MR) is 86.8 cm³/mol. The van der Waals surface area contributed by atoms with Crippen molar-refractivity contribution in [1.82, 2.24) is 19.3 Å². The van der Waals surface area contributed by atoms with Crippen LogP contribution in [0.5, 0.6) is 0 Å². The second-order valence-corrected chi connectivity index (χ2v) is 5.61. The Balaban J connectivity index is 1.76. The smallest absolute Gasteiger partial charge is 0.266 e. The van der Waals surface area contributed by atoms with Crippen molar-refractivity contribution >= 4 is 11.6 Å². The fraction of sp³-hybridized carbons (Fsp3) is 0.188. The van der Waals surface area contributed by atoms with Crippen molar-refractivity contribution in [2.75, 3.05) is 0 Å². The first-order chi connectivity index (χ1) is 11.1. The minimum atomic E-state index is -0.739. The lowest BCUT2D eigenvalue weighted by Crippen LogP contribution is -2.30. The molecule has 0 saturated heterocycles. The van der Waals surface area contributed by atoms with Crippen molar-refractivity contribution < 1.29 is 5.11 Å². The third-order valence-corrected chi connectivity index (χ3v) is 3.60. The highest BCUT2D eigenvalue weighted by atomic mass is 35.5. The van der Waals surface area contributed by atoms with E-state index in [1.54, 1.807) is 41.5 Å². The van der Waals surface area contributed by atoms with Gasteiger partial charge in [-0.2, -0.15) is 5.10 Å². The van der Waals surface area contributed by atoms with Crippen molar-refractivity contribution in [2.24, 2.45) is 0 Å². The summed E-state index contributed by atoms with van der Waals surface area (Å²) in [6.07, 6.45) is 4.62. The molecule has 0 bridgehead atoms. The summed E-state index contributed by atoms with van der Waals surface area (Å²) in [6.45, 7) is 0.105. The van der Waals surface area contributed by atoms with Crippen LogP contribution in [0, 0.1) is 0 Å². The van der Waals surface area contributed by atoms with Crippen LogP contribution in [0.1, 0.15) is 5.56 Å². The molecule has 7 heteroatoms. The van der Waals surface area contributed by atoms with E-state index in [-0.39, 0.29) is 12.1 Å². The maximum atomic E-state index is 11.9. The maximum Gasteiger partial charge on any atom is 0.266 e. The van der Waals surface area contributed by atoms with Gasteiger partial charge in [0, 0.05) is 29.9 Å². The Labute approximate surface area is 137 Å². The minimum Gasteiger partial charge on any atom is -0.391 e. The molecule has 1 atom stereocenters. The Bertz CT molecular complexity index is 845. The summed E-state index contributed by atoms with van der Waals surface area (Å²) in [6, 6.07) is 10.3. The molecule has 0 fully saturated rings. The number of halogens is 1. The molecule has 23 heavy (non-hydrogen) atoms. The second kappa shape index (κ2) is 6.76. The van der Waals surface area contributed by atoms with Crippen molar-refractivity contribution in [3.63, 3.8) is 0 Å². The van der Waals surface area contributed by atoms with Crippen LogP contribution < -0.4 is 5.56 Å². The van der Waals surface area contributed by atoms with E-state index in [2.05, 4.69) is 10.1 Å². The molecule has 6 nitrogen and oxygen atoms in total. The Morgan fingerprint density at radius 1 is 1.26 bits per heavy atom. The first-order valence-corrected chi connectivity index (χ1v) is 7.48. The molecule has 3 aromatic rings. The highest BCUT2D eigenvalue weighted by Crippen LogP contribution is 2.12. The van der Waals surface area contributed by atoms with Gasteiger partial charge in [-0.05, 0) is 23.8 Å². The Morgan fingerprint density at radius 2 is 2.13 bits per heavy atom. The molecule has 0 aliphatic carbocycles. The van der Waals surface area contributed by atoms with Gasteiger partial charge in [0.2, 0.25) is 0 Å². The first-order valence-electron chi connectivity index (χ1n) is 7.11. The van der Waals surface area contributed by atoms with Gasteiger partial charge in [-0.3, -0.25) is 9.36 Å². The molecule has 118 valence electrons. The monoisotopic (exact) mass is 330 g/mol. The molecule has 0 aliphatic rings. The Kier molecular flexibility index (Phi) is 4.55. The van der Waals surface area contributed by atoms with Crippen LogP contribution >= 0.6 is 11.6 Å². The second-order valence-electron chi connectivity index (χ2n) is 5.17. The zero-order valence-electron chi connectivity index (χ0n) is 12.2. The molecule has 0 saturated carbocycles. The number of aromatic nitrogens is 4. The molecule has 0 spiro atoms. The van der Waals surface area contributed by atoms with Crippen LogP contribution in [0.4, 0.5) is 0 Å². The Hall–Kier alpha value is -2.44. The van der Waals surface area contributed by atoms with E-state index in [9.17, 15) is 9.90 Å². The number of benzene rings is 1. The SMILES string of the molecule is O=c1ccc(-n2ccnc2)nn1CC(O)Cc1cccc(Cl)c1. The van der Waals surface area contributed by atoms with Gasteiger partial charge in [0.1, 0.15) is 6.33 Å². The van der Waals surface area contributed by atoms with Crippen molar-refractivity contribution in [1.29, 1.82) is 0 Å². The minimum absolute atomic E-state index is 0.105. The molecule has 3 rings (SSSR count). The number of aliphatic hydroxyl groups is 1. The molecule has 0 radical (unpaired) electrons. The van der Waals surface area contributed by atoms with E-state index in [1.165, 1.54) is 10.7 Å². The summed E-state index contributed by atoms with van der Waals surface area (Å²) >= 11 is 5.93. The summed E-state index contributed by atoms with van der Waals surface area (Å²) in [4.78, 5) is 15.9. The van der Waals surface area contributed by atoms with Crippen LogP contribution in [0.2, 0.25) is 5.02 Å². The van der Waals surface area contributed by atoms with Gasteiger partial charge in [-0.1, -0.05) is 23.7 Å². The molecule has 1 aromatic carbocycles. The van der Waals surface area contributed by atoms with Crippen LogP contribution in [0.25, 0.3) is 5.82 Å². The number of hydrogen-bond donors (Lipinski definition) is 1. The number of aliphatic hydroxyl groups excluding tert-OH is 1. The maximum absolute atomic E-state index is 11.9. The van der Waals surface area contributed by atoms with E-state index < -0.39 is 6.10 Å². The third kappa shape index (κ3) is 3.85. The van der Waals surface area contributed by atoms with Gasteiger partial charge in [-0.25, -0.2) is 9.67 Å². The van der Waals surface area contributed by atoms with Gasteiger partial charge in [0.05, 0.1) is 12.6 Å². The molecule has 2 aromatic heterocycles. The zero-order valence-corrected chi connectivity index (χ0v) is 13.0. The van der Waals surface area contributed by atoms with Crippen LogP contribution in [-0.2, 0) is 13.0 Å². The zero-order chi connectivity index (χ0) is 16.2. The van der Waals surface area contributed by atoms with E-state index in [1.807, 2.05) is 12.1 Å². The summed E-state index contributed by atoms with van der Waals surface area (Å²) in [5.74, 6) is 0.567. The largest absolute Gasteiger partial charge is 0.391 e. The number of nitrogens with zero attached hydrogens (tertiary/aromatic N) is 4. The summed E-state index contributed by atoms with van der Waals surface area (Å²) < 4.78 is 2.95. The lowest BCUT2D eigenvalue weighted by Gasteiger charge is -2.13. The third-order valence-electron chi connectivity index (χ3n) is 3.37. The van der Waals surface area contributed by atoms with E-state index in [4.69, 9.17) is 11.6 Å². The molecular formula is C16H15ClN4O2. The topological polar surface area (TPSA) is 72.9 Å². The standard InChI is InChI=1S/C16H15ClN4O2/c17-13-3-1-2-12(8-13)9-14(22)10-21-16(23)5-4-15(19-21)20-7-6-18-11-20/h1-8,11,14,22H,9-10H2. The lowest BCUT2D eigenvalue weighted by molar-refractivity contribution is 0.147. The average Bonchev–Trinajstić information content (AvgIpc) is 3.04. The molecular weight excluding hydrogens is 316 g/mol. The summed E-state index contributed by atoms with van der Waals surface area (Å²) in [7, 11) is 0. The molecule has 0 amide bonds. The van der Waals surface area contributed by atoms with Crippen molar-refractivity contribution in [2.45, 2.75) is 19.1 Å². The fourth-order valence-corrected chi connectivity index (χ4v) is 2.51. The number of rotatable bonds is 5. The summed E-state index contributed by atoms with van der Waals surface area (Å²) in [5.41, 5.74) is 0.642. The van der Waals surface area contributed by atoms with E-state index in [0.29, 0.717) is 17.3 Å². The normalized spacial score (nSPS) is 12.3. The number of hydrogen-bond acceptors (Lipinski definition) is 4. The molecule has 1 unspecified atom stereocenters. The summed E-state index contributed by atoms with van der Waals surface area (Å²) in [5, 5.41) is 15.1. The average molecular weight is 331 g/mol. The predicted octanol–water partition coefficient (Wildman–Crippen LogP) is 1.69. The molecule has 1 N–H and O–H groups in total. The van der Waals surface area contributed by atoms with Crippen LogP contribution in [0.15, 0.2) is 59.9 Å². The quantitative estimate of drug-likeness (QED) is 0.772. The van der Waals surface area contributed by atoms with Crippen LogP contribution in [-0.4, -0.2) is 30.5 Å². The van der Waals surface area contributed by atoms with Gasteiger partial charge in [0.25, 0.3) is 5.56 Å². The van der Waals surface area contributed by atoms with Gasteiger partial charge in [0.15, 0.2) is 5.82 Å². The van der Waals surface area contributed by atoms with E-state index >= 15 is 0 Å².